The van der Waals surface area contributed by atoms with Gasteiger partial charge in [-0.2, -0.15) is 13.2 Å². The lowest BCUT2D eigenvalue weighted by atomic mass is 10.1. The van der Waals surface area contributed by atoms with Crippen LogP contribution in [0.4, 0.5) is 13.2 Å². The van der Waals surface area contributed by atoms with Crippen molar-refractivity contribution in [3.63, 3.8) is 0 Å². The SMILES string of the molecule is CN/C(=C\C(=O)C(F)(F)F)c1ccccc1. The first-order valence-corrected chi connectivity index (χ1v) is 4.51. The third-order valence-corrected chi connectivity index (χ3v) is 1.91. The lowest BCUT2D eigenvalue weighted by Gasteiger charge is -2.07. The molecule has 0 aliphatic rings. The number of benzene rings is 1. The van der Waals surface area contributed by atoms with E-state index in [1.54, 1.807) is 30.3 Å². The molecule has 0 aliphatic heterocycles. The highest BCUT2D eigenvalue weighted by molar-refractivity contribution is 6.00. The molecule has 1 aromatic carbocycles. The van der Waals surface area contributed by atoms with Crippen LogP contribution in [0.25, 0.3) is 5.70 Å². The summed E-state index contributed by atoms with van der Waals surface area (Å²) in [7, 11) is 1.46. The van der Waals surface area contributed by atoms with Gasteiger partial charge in [0, 0.05) is 18.8 Å². The van der Waals surface area contributed by atoms with Crippen LogP contribution in [0.1, 0.15) is 5.56 Å². The van der Waals surface area contributed by atoms with E-state index in [9.17, 15) is 18.0 Å². The van der Waals surface area contributed by atoms with Gasteiger partial charge in [-0.3, -0.25) is 4.79 Å². The van der Waals surface area contributed by atoms with Gasteiger partial charge < -0.3 is 5.32 Å². The smallest absolute Gasteiger partial charge is 0.388 e. The van der Waals surface area contributed by atoms with Crippen LogP contribution in [0.5, 0.6) is 0 Å². The van der Waals surface area contributed by atoms with Gasteiger partial charge in [0.25, 0.3) is 5.78 Å². The molecule has 0 aliphatic carbocycles. The summed E-state index contributed by atoms with van der Waals surface area (Å²) in [4.78, 5) is 10.8. The van der Waals surface area contributed by atoms with E-state index in [1.165, 1.54) is 7.05 Å². The molecule has 0 radical (unpaired) electrons. The Hall–Kier alpha value is -1.78. The molecule has 0 fully saturated rings. The quantitative estimate of drug-likeness (QED) is 0.806. The Labute approximate surface area is 90.8 Å². The zero-order valence-electron chi connectivity index (χ0n) is 8.51. The zero-order valence-corrected chi connectivity index (χ0v) is 8.51. The molecule has 1 rings (SSSR count). The zero-order chi connectivity index (χ0) is 12.2. The average Bonchev–Trinajstić information content (AvgIpc) is 2.25. The molecule has 1 aromatic rings. The molecule has 0 unspecified atom stereocenters. The fraction of sp³-hybridized carbons (Fsp3) is 0.182. The lowest BCUT2D eigenvalue weighted by Crippen LogP contribution is -2.22. The molecule has 86 valence electrons. The minimum atomic E-state index is -4.84. The standard InChI is InChI=1S/C11H10F3NO/c1-15-9(7-10(16)11(12,13)14)8-5-3-2-4-6-8/h2-7,15H,1H3/b9-7-. The fourth-order valence-electron chi connectivity index (χ4n) is 1.13. The van der Waals surface area contributed by atoms with E-state index in [2.05, 4.69) is 5.32 Å². The van der Waals surface area contributed by atoms with Crippen LogP contribution in [0.2, 0.25) is 0 Å². The summed E-state index contributed by atoms with van der Waals surface area (Å²) in [6.07, 6.45) is -4.29. The highest BCUT2D eigenvalue weighted by Gasteiger charge is 2.36. The number of allylic oxidation sites excluding steroid dienone is 1. The minimum absolute atomic E-state index is 0.142. The second kappa shape index (κ2) is 4.83. The monoisotopic (exact) mass is 229 g/mol. The number of carbonyl (C=O) groups excluding carboxylic acids is 1. The van der Waals surface area contributed by atoms with E-state index >= 15 is 0 Å². The molecule has 5 heteroatoms. The van der Waals surface area contributed by atoms with Gasteiger partial charge in [0.05, 0.1) is 0 Å². The molecule has 0 spiro atoms. The number of hydrogen-bond acceptors (Lipinski definition) is 2. The molecule has 0 atom stereocenters. The maximum absolute atomic E-state index is 12.0. The van der Waals surface area contributed by atoms with Crippen molar-refractivity contribution >= 4 is 11.5 Å². The van der Waals surface area contributed by atoms with Gasteiger partial charge in [0.15, 0.2) is 0 Å². The molecule has 16 heavy (non-hydrogen) atoms. The van der Waals surface area contributed by atoms with Crippen molar-refractivity contribution in [2.75, 3.05) is 7.05 Å². The Morgan fingerprint density at radius 3 is 2.25 bits per heavy atom. The highest BCUT2D eigenvalue weighted by Crippen LogP contribution is 2.19. The number of rotatable bonds is 3. The number of ketones is 1. The van der Waals surface area contributed by atoms with Crippen LogP contribution >= 0.6 is 0 Å². The first-order chi connectivity index (χ1) is 7.45. The predicted octanol–water partition coefficient (Wildman–Crippen LogP) is 2.38. The van der Waals surface area contributed by atoms with E-state index in [1.807, 2.05) is 0 Å². The maximum atomic E-state index is 12.0. The molecule has 0 amide bonds. The predicted molar refractivity (Wildman–Crippen MR) is 54.5 cm³/mol. The second-order valence-corrected chi connectivity index (χ2v) is 3.04. The van der Waals surface area contributed by atoms with Crippen LogP contribution in [-0.4, -0.2) is 19.0 Å². The van der Waals surface area contributed by atoms with Gasteiger partial charge in [-0.05, 0) is 5.56 Å². The van der Waals surface area contributed by atoms with Crippen LogP contribution < -0.4 is 5.32 Å². The third-order valence-electron chi connectivity index (χ3n) is 1.91. The summed E-state index contributed by atoms with van der Waals surface area (Å²) in [6, 6.07) is 8.33. The average molecular weight is 229 g/mol. The van der Waals surface area contributed by atoms with Crippen molar-refractivity contribution in [2.45, 2.75) is 6.18 Å². The van der Waals surface area contributed by atoms with E-state index in [0.717, 1.165) is 0 Å². The third kappa shape index (κ3) is 3.12. The molecule has 1 N–H and O–H groups in total. The number of carbonyl (C=O) groups is 1. The number of nitrogens with one attached hydrogen (secondary N) is 1. The highest BCUT2D eigenvalue weighted by atomic mass is 19.4. The first kappa shape index (κ1) is 12.3. The first-order valence-electron chi connectivity index (χ1n) is 4.51. The van der Waals surface area contributed by atoms with Crippen molar-refractivity contribution in [3.8, 4) is 0 Å². The molecule has 2 nitrogen and oxygen atoms in total. The summed E-state index contributed by atoms with van der Waals surface area (Å²) in [5.41, 5.74) is 0.672. The lowest BCUT2D eigenvalue weighted by molar-refractivity contribution is -0.165. The molecule has 0 heterocycles. The summed E-state index contributed by atoms with van der Waals surface area (Å²) >= 11 is 0. The van der Waals surface area contributed by atoms with Crippen molar-refractivity contribution in [1.29, 1.82) is 0 Å². The summed E-state index contributed by atoms with van der Waals surface area (Å²) in [5.74, 6) is -1.87. The van der Waals surface area contributed by atoms with Gasteiger partial charge in [0.2, 0.25) is 0 Å². The summed E-state index contributed by atoms with van der Waals surface area (Å²) in [5, 5.41) is 2.56. The Balaban J connectivity index is 3.00. The number of hydrogen-bond donors (Lipinski definition) is 1. The van der Waals surface area contributed by atoms with E-state index in [-0.39, 0.29) is 5.70 Å². The fourth-order valence-corrected chi connectivity index (χ4v) is 1.13. The number of halogens is 3. The van der Waals surface area contributed by atoms with Gasteiger partial charge in [0.1, 0.15) is 0 Å². The molecule has 0 bridgehead atoms. The molecule has 0 saturated carbocycles. The minimum Gasteiger partial charge on any atom is -0.388 e. The van der Waals surface area contributed by atoms with Crippen LogP contribution in [-0.2, 0) is 4.79 Å². The van der Waals surface area contributed by atoms with Crippen LogP contribution in [0.15, 0.2) is 36.4 Å². The molecular weight excluding hydrogens is 219 g/mol. The normalized spacial score (nSPS) is 12.4. The molecule has 0 aromatic heterocycles. The Bertz CT molecular complexity index is 395. The van der Waals surface area contributed by atoms with Crippen molar-refractivity contribution < 1.29 is 18.0 Å². The largest absolute Gasteiger partial charge is 0.454 e. The van der Waals surface area contributed by atoms with Gasteiger partial charge >= 0.3 is 6.18 Å². The summed E-state index contributed by atoms with van der Waals surface area (Å²) < 4.78 is 36.1. The Kier molecular flexibility index (Phi) is 3.71. The Morgan fingerprint density at radius 1 is 1.25 bits per heavy atom. The van der Waals surface area contributed by atoms with Gasteiger partial charge in [-0.25, -0.2) is 0 Å². The van der Waals surface area contributed by atoms with Crippen molar-refractivity contribution in [3.05, 3.63) is 42.0 Å². The number of alkyl halides is 3. The second-order valence-electron chi connectivity index (χ2n) is 3.04. The molecule has 0 saturated heterocycles. The van der Waals surface area contributed by atoms with E-state index in [4.69, 9.17) is 0 Å². The topological polar surface area (TPSA) is 29.1 Å². The van der Waals surface area contributed by atoms with E-state index in [0.29, 0.717) is 11.6 Å². The maximum Gasteiger partial charge on any atom is 0.454 e. The van der Waals surface area contributed by atoms with Gasteiger partial charge in [-0.15, -0.1) is 0 Å². The van der Waals surface area contributed by atoms with Crippen LogP contribution in [0, 0.1) is 0 Å². The molecular formula is C11H10F3NO. The van der Waals surface area contributed by atoms with E-state index < -0.39 is 12.0 Å². The van der Waals surface area contributed by atoms with Crippen molar-refractivity contribution in [2.24, 2.45) is 0 Å². The van der Waals surface area contributed by atoms with Crippen LogP contribution in [0.3, 0.4) is 0 Å². The van der Waals surface area contributed by atoms with Gasteiger partial charge in [-0.1, -0.05) is 30.3 Å². The van der Waals surface area contributed by atoms with Crippen molar-refractivity contribution in [1.82, 2.24) is 5.32 Å². The Morgan fingerprint density at radius 2 is 1.81 bits per heavy atom. The summed E-state index contributed by atoms with van der Waals surface area (Å²) in [6.45, 7) is 0.